The zero-order chi connectivity index (χ0) is 10.4. The van der Waals surface area contributed by atoms with E-state index < -0.39 is 10.0 Å². The summed E-state index contributed by atoms with van der Waals surface area (Å²) in [6, 6.07) is 8.30. The Bertz CT molecular complexity index is 359. The van der Waals surface area contributed by atoms with Crippen molar-refractivity contribution >= 4 is 10.0 Å². The summed E-state index contributed by atoms with van der Waals surface area (Å²) in [5.74, 6) is 0. The second kappa shape index (κ2) is 5.12. The molecule has 1 aromatic rings. The van der Waals surface area contributed by atoms with Crippen LogP contribution in [0.1, 0.15) is 19.8 Å². The van der Waals surface area contributed by atoms with Crippen LogP contribution in [0, 0.1) is 0 Å². The van der Waals surface area contributed by atoms with E-state index in [0.29, 0.717) is 6.54 Å². The Morgan fingerprint density at radius 3 is 2.43 bits per heavy atom. The van der Waals surface area contributed by atoms with Gasteiger partial charge in [0.25, 0.3) is 10.0 Å². The Labute approximate surface area is 85.2 Å². The molecule has 77 valence electrons. The maximum absolute atomic E-state index is 11.5. The van der Waals surface area contributed by atoms with Crippen LogP contribution < -0.4 is 4.72 Å². The molecular formula is C10H14NO2S. The molecule has 0 aliphatic carbocycles. The van der Waals surface area contributed by atoms with Gasteiger partial charge in [0.2, 0.25) is 0 Å². The van der Waals surface area contributed by atoms with Crippen molar-refractivity contribution < 1.29 is 8.42 Å². The molecule has 0 unspecified atom stereocenters. The molecule has 0 aliphatic rings. The zero-order valence-corrected chi connectivity index (χ0v) is 9.00. The molecular weight excluding hydrogens is 198 g/mol. The third-order valence-corrected chi connectivity index (χ3v) is 3.20. The Morgan fingerprint density at radius 2 is 1.86 bits per heavy atom. The van der Waals surface area contributed by atoms with Gasteiger partial charge in [-0.2, -0.15) is 0 Å². The third-order valence-electron chi connectivity index (χ3n) is 1.81. The number of benzene rings is 1. The molecule has 0 saturated heterocycles. The number of hydrogen-bond acceptors (Lipinski definition) is 2. The van der Waals surface area contributed by atoms with E-state index in [0.717, 1.165) is 12.8 Å². The average Bonchev–Trinajstić information content (AvgIpc) is 2.19. The highest BCUT2D eigenvalue weighted by Crippen LogP contribution is 2.07. The molecule has 0 heterocycles. The Balaban J connectivity index is 2.67. The first-order valence-corrected chi connectivity index (χ1v) is 6.09. The normalized spacial score (nSPS) is 11.5. The first-order chi connectivity index (χ1) is 6.67. The molecule has 4 heteroatoms. The van der Waals surface area contributed by atoms with Crippen molar-refractivity contribution in [1.29, 1.82) is 0 Å². The van der Waals surface area contributed by atoms with E-state index in [1.807, 2.05) is 6.92 Å². The first-order valence-electron chi connectivity index (χ1n) is 4.65. The van der Waals surface area contributed by atoms with Crippen molar-refractivity contribution in [3.63, 3.8) is 0 Å². The van der Waals surface area contributed by atoms with E-state index in [9.17, 15) is 8.42 Å². The van der Waals surface area contributed by atoms with Crippen LogP contribution in [0.4, 0.5) is 0 Å². The smallest absolute Gasteiger partial charge is 0.206 e. The number of hydrogen-bond donors (Lipinski definition) is 0. The molecule has 1 rings (SSSR count). The van der Waals surface area contributed by atoms with Crippen molar-refractivity contribution in [2.24, 2.45) is 0 Å². The van der Waals surface area contributed by atoms with E-state index in [4.69, 9.17) is 0 Å². The Morgan fingerprint density at radius 1 is 1.21 bits per heavy atom. The van der Waals surface area contributed by atoms with Crippen molar-refractivity contribution in [2.75, 3.05) is 6.54 Å². The molecule has 14 heavy (non-hydrogen) atoms. The van der Waals surface area contributed by atoms with Crippen LogP contribution in [-0.4, -0.2) is 15.0 Å². The molecule has 0 amide bonds. The summed E-state index contributed by atoms with van der Waals surface area (Å²) in [6.07, 6.45) is 1.76. The fraction of sp³-hybridized carbons (Fsp3) is 0.400. The predicted octanol–water partition coefficient (Wildman–Crippen LogP) is 1.78. The maximum atomic E-state index is 11.5. The molecule has 0 aliphatic heterocycles. The van der Waals surface area contributed by atoms with Gasteiger partial charge < -0.3 is 0 Å². The van der Waals surface area contributed by atoms with E-state index in [1.54, 1.807) is 30.3 Å². The zero-order valence-electron chi connectivity index (χ0n) is 8.18. The van der Waals surface area contributed by atoms with Crippen LogP contribution >= 0.6 is 0 Å². The van der Waals surface area contributed by atoms with Crippen LogP contribution in [0.15, 0.2) is 35.2 Å². The highest BCUT2D eigenvalue weighted by molar-refractivity contribution is 7.89. The Hall–Kier alpha value is -0.870. The molecule has 1 aromatic carbocycles. The second-order valence-electron chi connectivity index (χ2n) is 2.99. The van der Waals surface area contributed by atoms with Crippen LogP contribution in [0.2, 0.25) is 0 Å². The van der Waals surface area contributed by atoms with Crippen molar-refractivity contribution in [3.8, 4) is 0 Å². The van der Waals surface area contributed by atoms with Gasteiger partial charge >= 0.3 is 0 Å². The lowest BCUT2D eigenvalue weighted by Gasteiger charge is -2.02. The summed E-state index contributed by atoms with van der Waals surface area (Å²) in [6.45, 7) is 2.39. The van der Waals surface area contributed by atoms with Crippen LogP contribution in [0.25, 0.3) is 0 Å². The summed E-state index contributed by atoms with van der Waals surface area (Å²) >= 11 is 0. The van der Waals surface area contributed by atoms with E-state index in [2.05, 4.69) is 4.72 Å². The fourth-order valence-corrected chi connectivity index (χ4v) is 2.03. The van der Waals surface area contributed by atoms with Gasteiger partial charge in [0, 0.05) is 6.54 Å². The van der Waals surface area contributed by atoms with Gasteiger partial charge in [-0.05, 0) is 18.6 Å². The maximum Gasteiger partial charge on any atom is 0.256 e. The van der Waals surface area contributed by atoms with E-state index in [-0.39, 0.29) is 4.90 Å². The van der Waals surface area contributed by atoms with Gasteiger partial charge in [-0.3, -0.25) is 0 Å². The Kier molecular flexibility index (Phi) is 4.10. The van der Waals surface area contributed by atoms with Gasteiger partial charge in [-0.25, -0.2) is 8.42 Å². The molecule has 0 bridgehead atoms. The van der Waals surface area contributed by atoms with Gasteiger partial charge in [0.05, 0.1) is 4.90 Å². The van der Waals surface area contributed by atoms with Crippen molar-refractivity contribution in [2.45, 2.75) is 24.7 Å². The van der Waals surface area contributed by atoms with Gasteiger partial charge in [-0.15, -0.1) is 4.72 Å². The van der Waals surface area contributed by atoms with Crippen molar-refractivity contribution in [1.82, 2.24) is 4.72 Å². The molecule has 3 nitrogen and oxygen atoms in total. The van der Waals surface area contributed by atoms with Gasteiger partial charge in [0.1, 0.15) is 0 Å². The van der Waals surface area contributed by atoms with Crippen LogP contribution in [0.3, 0.4) is 0 Å². The molecule has 1 radical (unpaired) electrons. The summed E-state index contributed by atoms with van der Waals surface area (Å²) in [5, 5.41) is 0. The lowest BCUT2D eigenvalue weighted by atomic mass is 10.3. The molecule has 0 aromatic heterocycles. The fourth-order valence-electron chi connectivity index (χ4n) is 1.01. The lowest BCUT2D eigenvalue weighted by Crippen LogP contribution is -2.17. The topological polar surface area (TPSA) is 48.2 Å². The lowest BCUT2D eigenvalue weighted by molar-refractivity contribution is 0.576. The van der Waals surface area contributed by atoms with E-state index in [1.165, 1.54) is 0 Å². The number of nitrogens with zero attached hydrogens (tertiary/aromatic N) is 1. The second-order valence-corrected chi connectivity index (χ2v) is 4.67. The predicted molar refractivity (Wildman–Crippen MR) is 55.5 cm³/mol. The summed E-state index contributed by atoms with van der Waals surface area (Å²) in [5.41, 5.74) is 0. The minimum absolute atomic E-state index is 0.274. The van der Waals surface area contributed by atoms with Crippen molar-refractivity contribution in [3.05, 3.63) is 30.3 Å². The minimum Gasteiger partial charge on any atom is -0.206 e. The molecule has 0 spiro atoms. The summed E-state index contributed by atoms with van der Waals surface area (Å²) in [7, 11) is -3.41. The minimum atomic E-state index is -3.41. The SMILES string of the molecule is CCCC[N]S(=O)(=O)c1ccccc1. The third kappa shape index (κ3) is 3.12. The summed E-state index contributed by atoms with van der Waals surface area (Å²) < 4.78 is 26.8. The number of unbranched alkanes of at least 4 members (excludes halogenated alkanes) is 1. The highest BCUT2D eigenvalue weighted by Gasteiger charge is 2.13. The highest BCUT2D eigenvalue weighted by atomic mass is 32.2. The number of sulfonamides is 1. The van der Waals surface area contributed by atoms with Gasteiger partial charge in [-0.1, -0.05) is 31.5 Å². The first kappa shape index (κ1) is 11.2. The standard InChI is InChI=1S/C10H14NO2S/c1-2-3-9-11-14(12,13)10-7-5-4-6-8-10/h4-8H,2-3,9H2,1H3. The average molecular weight is 212 g/mol. The van der Waals surface area contributed by atoms with Crippen LogP contribution in [-0.2, 0) is 10.0 Å². The quantitative estimate of drug-likeness (QED) is 0.698. The molecule has 0 atom stereocenters. The number of rotatable bonds is 5. The van der Waals surface area contributed by atoms with E-state index >= 15 is 0 Å². The molecule has 0 N–H and O–H groups in total. The largest absolute Gasteiger partial charge is 0.256 e. The van der Waals surface area contributed by atoms with Gasteiger partial charge in [0.15, 0.2) is 0 Å². The molecule has 0 saturated carbocycles. The van der Waals surface area contributed by atoms with Crippen LogP contribution in [0.5, 0.6) is 0 Å². The molecule has 0 fully saturated rings. The summed E-state index contributed by atoms with van der Waals surface area (Å²) in [4.78, 5) is 0.274. The monoisotopic (exact) mass is 212 g/mol.